The number of likely N-dealkylation sites (tertiary alicyclic amines) is 1. The van der Waals surface area contributed by atoms with Gasteiger partial charge in [0.15, 0.2) is 0 Å². The summed E-state index contributed by atoms with van der Waals surface area (Å²) >= 11 is 0. The highest BCUT2D eigenvalue weighted by atomic mass is 16.5. The lowest BCUT2D eigenvalue weighted by Gasteiger charge is -2.40. The number of methoxy groups -OCH3 is 1. The Bertz CT molecular complexity index is 292. The summed E-state index contributed by atoms with van der Waals surface area (Å²) in [5.41, 5.74) is 5.15. The number of nitrogens with zero attached hydrogens (tertiary/aromatic N) is 1. The van der Waals surface area contributed by atoms with Crippen LogP contribution in [0.4, 0.5) is 0 Å². The molecular weight excluding hydrogens is 228 g/mol. The first kappa shape index (κ1) is 15.4. The number of rotatable bonds is 4. The molecule has 1 aliphatic heterocycles. The van der Waals surface area contributed by atoms with Crippen LogP contribution in [0, 0.1) is 11.8 Å². The van der Waals surface area contributed by atoms with E-state index in [2.05, 4.69) is 25.7 Å². The van der Waals surface area contributed by atoms with Crippen LogP contribution in [0.1, 0.15) is 40.5 Å². The van der Waals surface area contributed by atoms with Crippen LogP contribution in [0.2, 0.25) is 0 Å². The van der Waals surface area contributed by atoms with Gasteiger partial charge in [0.25, 0.3) is 0 Å². The molecule has 1 saturated heterocycles. The smallest absolute Gasteiger partial charge is 0.325 e. The largest absolute Gasteiger partial charge is 0.468 e. The van der Waals surface area contributed by atoms with Gasteiger partial charge in [-0.25, -0.2) is 0 Å². The maximum atomic E-state index is 11.6. The van der Waals surface area contributed by atoms with E-state index in [-0.39, 0.29) is 5.97 Å². The van der Waals surface area contributed by atoms with Crippen molar-refractivity contribution in [2.24, 2.45) is 17.6 Å². The average Bonchev–Trinajstić information content (AvgIpc) is 2.30. The highest BCUT2D eigenvalue weighted by Crippen LogP contribution is 2.26. The van der Waals surface area contributed by atoms with Crippen molar-refractivity contribution in [3.05, 3.63) is 0 Å². The third kappa shape index (κ3) is 3.69. The number of hydrogen-bond donors (Lipinski definition) is 1. The molecule has 1 heterocycles. The lowest BCUT2D eigenvalue weighted by atomic mass is 9.86. The van der Waals surface area contributed by atoms with Crippen molar-refractivity contribution in [3.8, 4) is 0 Å². The van der Waals surface area contributed by atoms with E-state index < -0.39 is 5.54 Å². The Kier molecular flexibility index (Phi) is 5.17. The molecule has 0 aromatic rings. The van der Waals surface area contributed by atoms with Gasteiger partial charge in [0.05, 0.1) is 7.11 Å². The number of nitrogens with two attached hydrogens (primary N) is 1. The van der Waals surface area contributed by atoms with Gasteiger partial charge in [0, 0.05) is 12.6 Å². The molecule has 0 bridgehead atoms. The maximum absolute atomic E-state index is 11.6. The molecule has 0 saturated carbocycles. The van der Waals surface area contributed by atoms with E-state index in [1.165, 1.54) is 13.5 Å². The minimum absolute atomic E-state index is 0.314. The fraction of sp³-hybridized carbons (Fsp3) is 0.929. The minimum atomic E-state index is -0.888. The molecule has 1 rings (SSSR count). The van der Waals surface area contributed by atoms with Crippen LogP contribution in [-0.2, 0) is 9.53 Å². The second kappa shape index (κ2) is 6.02. The number of hydrogen-bond acceptors (Lipinski definition) is 4. The van der Waals surface area contributed by atoms with Crippen LogP contribution in [0.3, 0.4) is 0 Å². The molecule has 0 radical (unpaired) electrons. The summed E-state index contributed by atoms with van der Waals surface area (Å²) in [7, 11) is 1.39. The summed E-state index contributed by atoms with van der Waals surface area (Å²) < 4.78 is 4.76. The minimum Gasteiger partial charge on any atom is -0.468 e. The predicted octanol–water partition coefficient (Wildman–Crippen LogP) is 1.63. The Labute approximate surface area is 111 Å². The van der Waals surface area contributed by atoms with Gasteiger partial charge < -0.3 is 15.4 Å². The number of esters is 1. The molecule has 0 aromatic carbocycles. The van der Waals surface area contributed by atoms with Crippen molar-refractivity contribution in [2.45, 2.75) is 52.1 Å². The van der Waals surface area contributed by atoms with E-state index in [0.29, 0.717) is 18.4 Å². The summed E-state index contributed by atoms with van der Waals surface area (Å²) in [5, 5.41) is 0. The molecular formula is C14H28N2O2. The number of carbonyl (C=O) groups excluding carboxylic acids is 1. The van der Waals surface area contributed by atoms with Crippen molar-refractivity contribution >= 4 is 5.97 Å². The van der Waals surface area contributed by atoms with Crippen LogP contribution in [0.5, 0.6) is 0 Å². The van der Waals surface area contributed by atoms with Gasteiger partial charge in [0.2, 0.25) is 0 Å². The van der Waals surface area contributed by atoms with Gasteiger partial charge in [-0.2, -0.15) is 0 Å². The summed E-state index contributed by atoms with van der Waals surface area (Å²) in [6, 6.07) is 0.314. The molecule has 2 N–H and O–H groups in total. The Morgan fingerprint density at radius 2 is 2.11 bits per heavy atom. The molecule has 1 fully saturated rings. The first-order valence-corrected chi connectivity index (χ1v) is 6.89. The van der Waals surface area contributed by atoms with Gasteiger partial charge in [-0.3, -0.25) is 4.79 Å². The fourth-order valence-electron chi connectivity index (χ4n) is 2.75. The Morgan fingerprint density at radius 1 is 1.50 bits per heavy atom. The number of piperidine rings is 1. The lowest BCUT2D eigenvalue weighted by Crippen LogP contribution is -2.52. The molecule has 1 aliphatic rings. The van der Waals surface area contributed by atoms with Crippen LogP contribution in [0.25, 0.3) is 0 Å². The molecule has 0 amide bonds. The van der Waals surface area contributed by atoms with E-state index in [1.54, 1.807) is 6.92 Å². The Balaban J connectivity index is 2.55. The summed E-state index contributed by atoms with van der Waals surface area (Å²) in [6.45, 7) is 10.7. The Hall–Kier alpha value is -0.610. The summed E-state index contributed by atoms with van der Waals surface area (Å²) in [6.07, 6.45) is 1.87. The van der Waals surface area contributed by atoms with E-state index in [9.17, 15) is 4.79 Å². The van der Waals surface area contributed by atoms with E-state index in [1.807, 2.05) is 0 Å². The molecule has 106 valence electrons. The highest BCUT2D eigenvalue weighted by Gasteiger charge is 2.34. The van der Waals surface area contributed by atoms with Crippen molar-refractivity contribution in [1.29, 1.82) is 0 Å². The van der Waals surface area contributed by atoms with E-state index >= 15 is 0 Å². The first-order valence-electron chi connectivity index (χ1n) is 6.89. The highest BCUT2D eigenvalue weighted by molar-refractivity contribution is 5.79. The Morgan fingerprint density at radius 3 is 2.61 bits per heavy atom. The summed E-state index contributed by atoms with van der Waals surface area (Å²) in [4.78, 5) is 14.0. The summed E-state index contributed by atoms with van der Waals surface area (Å²) in [5.74, 6) is 1.18. The normalized spacial score (nSPS) is 30.6. The molecule has 0 spiro atoms. The third-order valence-corrected chi connectivity index (χ3v) is 4.36. The molecule has 0 aromatic heterocycles. The van der Waals surface area contributed by atoms with Crippen LogP contribution in [-0.4, -0.2) is 42.6 Å². The van der Waals surface area contributed by atoms with Crippen LogP contribution in [0.15, 0.2) is 0 Å². The van der Waals surface area contributed by atoms with Crippen molar-refractivity contribution in [3.63, 3.8) is 0 Å². The predicted molar refractivity (Wildman–Crippen MR) is 73.2 cm³/mol. The van der Waals surface area contributed by atoms with Crippen LogP contribution < -0.4 is 5.73 Å². The SMILES string of the molecule is COC(=O)C(C)(N)CC(C)N1CCC(C)C(C)C1. The lowest BCUT2D eigenvalue weighted by molar-refractivity contribution is -0.147. The maximum Gasteiger partial charge on any atom is 0.325 e. The average molecular weight is 256 g/mol. The van der Waals surface area contributed by atoms with Gasteiger partial charge in [-0.1, -0.05) is 13.8 Å². The van der Waals surface area contributed by atoms with Crippen LogP contribution >= 0.6 is 0 Å². The van der Waals surface area contributed by atoms with Crippen molar-refractivity contribution in [1.82, 2.24) is 4.90 Å². The third-order valence-electron chi connectivity index (χ3n) is 4.36. The zero-order valence-electron chi connectivity index (χ0n) is 12.4. The molecule has 4 atom stereocenters. The van der Waals surface area contributed by atoms with Gasteiger partial charge in [-0.15, -0.1) is 0 Å². The molecule has 4 unspecified atom stereocenters. The molecule has 18 heavy (non-hydrogen) atoms. The van der Waals surface area contributed by atoms with Gasteiger partial charge in [-0.05, 0) is 45.1 Å². The molecule has 4 nitrogen and oxygen atoms in total. The van der Waals surface area contributed by atoms with Crippen molar-refractivity contribution < 1.29 is 9.53 Å². The molecule has 4 heteroatoms. The topological polar surface area (TPSA) is 55.6 Å². The van der Waals surface area contributed by atoms with Gasteiger partial charge in [0.1, 0.15) is 5.54 Å². The molecule has 0 aliphatic carbocycles. The number of ether oxygens (including phenoxy) is 1. The fourth-order valence-corrected chi connectivity index (χ4v) is 2.75. The number of carbonyl (C=O) groups is 1. The second-order valence-corrected chi connectivity index (χ2v) is 6.20. The van der Waals surface area contributed by atoms with E-state index in [4.69, 9.17) is 10.5 Å². The van der Waals surface area contributed by atoms with Gasteiger partial charge >= 0.3 is 5.97 Å². The standard InChI is InChI=1S/C14H28N2O2/c1-10-6-7-16(9-11(10)2)12(3)8-14(4,15)13(17)18-5/h10-12H,6-9,15H2,1-5H3. The second-order valence-electron chi connectivity index (χ2n) is 6.20. The first-order chi connectivity index (χ1) is 8.27. The zero-order valence-corrected chi connectivity index (χ0v) is 12.4. The quantitative estimate of drug-likeness (QED) is 0.777. The van der Waals surface area contributed by atoms with E-state index in [0.717, 1.165) is 19.0 Å². The monoisotopic (exact) mass is 256 g/mol. The van der Waals surface area contributed by atoms with Crippen molar-refractivity contribution in [2.75, 3.05) is 20.2 Å². The zero-order chi connectivity index (χ0) is 13.9.